The lowest BCUT2D eigenvalue weighted by atomic mass is 10.2. The Hall–Kier alpha value is -1.42. The Balaban J connectivity index is 2.44. The number of nitrogens with one attached hydrogen (secondary N) is 1. The summed E-state index contributed by atoms with van der Waals surface area (Å²) in [6, 6.07) is 5.99. The van der Waals surface area contributed by atoms with Gasteiger partial charge in [0.2, 0.25) is 0 Å². The molecular formula is C9H11FN2O. The van der Waals surface area contributed by atoms with Crippen LogP contribution in [0, 0.1) is 5.82 Å². The average molecular weight is 182 g/mol. The fourth-order valence-corrected chi connectivity index (χ4v) is 0.784. The number of benzene rings is 1. The minimum Gasteiger partial charge on any atom is -0.394 e. The zero-order valence-electron chi connectivity index (χ0n) is 7.07. The standard InChI is InChI=1S/C9H11FN2O/c10-9-3-1-8(2-4-9)7-12-11-5-6-13/h1-4,7,11,13H,5-6H2. The minimum absolute atomic E-state index is 0.0424. The van der Waals surface area contributed by atoms with Gasteiger partial charge in [-0.1, -0.05) is 12.1 Å². The van der Waals surface area contributed by atoms with Gasteiger partial charge < -0.3 is 10.5 Å². The van der Waals surface area contributed by atoms with E-state index in [9.17, 15) is 4.39 Å². The molecule has 0 aliphatic carbocycles. The topological polar surface area (TPSA) is 44.6 Å². The van der Waals surface area contributed by atoms with Gasteiger partial charge in [0.05, 0.1) is 19.4 Å². The molecule has 1 aromatic rings. The number of hydrogen-bond donors (Lipinski definition) is 2. The summed E-state index contributed by atoms with van der Waals surface area (Å²) in [6.45, 7) is 0.457. The number of aliphatic hydroxyl groups is 1. The second-order valence-corrected chi connectivity index (χ2v) is 2.44. The Kier molecular flexibility index (Phi) is 3.92. The second-order valence-electron chi connectivity index (χ2n) is 2.44. The lowest BCUT2D eigenvalue weighted by molar-refractivity contribution is 0.294. The van der Waals surface area contributed by atoms with Crippen molar-refractivity contribution in [3.63, 3.8) is 0 Å². The molecule has 0 heterocycles. The molecule has 0 atom stereocenters. The van der Waals surface area contributed by atoms with E-state index in [1.807, 2.05) is 0 Å². The molecule has 0 amide bonds. The number of hydrogen-bond acceptors (Lipinski definition) is 3. The van der Waals surface area contributed by atoms with Crippen molar-refractivity contribution in [2.45, 2.75) is 0 Å². The van der Waals surface area contributed by atoms with Crippen LogP contribution in [0.5, 0.6) is 0 Å². The van der Waals surface area contributed by atoms with Gasteiger partial charge in [-0.15, -0.1) is 0 Å². The highest BCUT2D eigenvalue weighted by molar-refractivity contribution is 5.79. The zero-order chi connectivity index (χ0) is 9.52. The summed E-state index contributed by atoms with van der Waals surface area (Å²) < 4.78 is 12.4. The molecule has 0 fully saturated rings. The summed E-state index contributed by atoms with van der Waals surface area (Å²) in [5.41, 5.74) is 3.44. The maximum absolute atomic E-state index is 12.4. The first-order valence-corrected chi connectivity index (χ1v) is 3.95. The van der Waals surface area contributed by atoms with E-state index in [2.05, 4.69) is 10.5 Å². The Morgan fingerprint density at radius 3 is 2.69 bits per heavy atom. The van der Waals surface area contributed by atoms with Crippen LogP contribution >= 0.6 is 0 Å². The van der Waals surface area contributed by atoms with E-state index in [0.717, 1.165) is 5.56 Å². The van der Waals surface area contributed by atoms with E-state index < -0.39 is 0 Å². The molecule has 13 heavy (non-hydrogen) atoms. The quantitative estimate of drug-likeness (QED) is 0.410. The summed E-state index contributed by atoms with van der Waals surface area (Å²) in [6.07, 6.45) is 1.56. The van der Waals surface area contributed by atoms with Crippen molar-refractivity contribution < 1.29 is 9.50 Å². The van der Waals surface area contributed by atoms with Crippen LogP contribution in [-0.4, -0.2) is 24.5 Å². The molecule has 0 bridgehead atoms. The van der Waals surface area contributed by atoms with Crippen molar-refractivity contribution in [1.82, 2.24) is 5.43 Å². The fraction of sp³-hybridized carbons (Fsp3) is 0.222. The lowest BCUT2D eigenvalue weighted by Crippen LogP contribution is -2.11. The summed E-state index contributed by atoms with van der Waals surface area (Å²) in [4.78, 5) is 0. The number of halogens is 1. The molecule has 4 heteroatoms. The zero-order valence-corrected chi connectivity index (χ0v) is 7.07. The van der Waals surface area contributed by atoms with E-state index in [-0.39, 0.29) is 12.4 Å². The molecule has 70 valence electrons. The Morgan fingerprint density at radius 2 is 2.08 bits per heavy atom. The molecule has 0 aliphatic heterocycles. The van der Waals surface area contributed by atoms with Crippen molar-refractivity contribution in [3.05, 3.63) is 35.6 Å². The molecule has 1 rings (SSSR count). The summed E-state index contributed by atoms with van der Waals surface area (Å²) in [5.74, 6) is -0.263. The molecule has 0 unspecified atom stereocenters. The predicted octanol–water partition coefficient (Wildman–Crippen LogP) is 0.742. The van der Waals surface area contributed by atoms with Crippen molar-refractivity contribution in [3.8, 4) is 0 Å². The van der Waals surface area contributed by atoms with E-state index in [4.69, 9.17) is 5.11 Å². The van der Waals surface area contributed by atoms with Gasteiger partial charge >= 0.3 is 0 Å². The summed E-state index contributed by atoms with van der Waals surface area (Å²) >= 11 is 0. The van der Waals surface area contributed by atoms with Crippen LogP contribution in [0.3, 0.4) is 0 Å². The van der Waals surface area contributed by atoms with Gasteiger partial charge in [-0.25, -0.2) is 4.39 Å². The Labute approximate surface area is 75.9 Å². The summed E-state index contributed by atoms with van der Waals surface area (Å²) in [7, 11) is 0. The SMILES string of the molecule is OCCNN=Cc1ccc(F)cc1. The minimum atomic E-state index is -0.263. The third-order valence-electron chi connectivity index (χ3n) is 1.40. The molecule has 0 aromatic heterocycles. The normalized spacial score (nSPS) is 10.6. The van der Waals surface area contributed by atoms with Crippen LogP contribution in [0.1, 0.15) is 5.56 Å². The molecule has 1 aromatic carbocycles. The van der Waals surface area contributed by atoms with Crippen LogP contribution in [-0.2, 0) is 0 Å². The third-order valence-corrected chi connectivity index (χ3v) is 1.40. The number of rotatable bonds is 4. The molecule has 0 radical (unpaired) electrons. The van der Waals surface area contributed by atoms with Crippen LogP contribution in [0.15, 0.2) is 29.4 Å². The maximum Gasteiger partial charge on any atom is 0.123 e. The van der Waals surface area contributed by atoms with Gasteiger partial charge in [0.15, 0.2) is 0 Å². The van der Waals surface area contributed by atoms with Crippen molar-refractivity contribution >= 4 is 6.21 Å². The first-order chi connectivity index (χ1) is 6.33. The highest BCUT2D eigenvalue weighted by Crippen LogP contribution is 1.99. The van der Waals surface area contributed by atoms with E-state index >= 15 is 0 Å². The highest BCUT2D eigenvalue weighted by Gasteiger charge is 1.88. The van der Waals surface area contributed by atoms with Crippen molar-refractivity contribution in [2.75, 3.05) is 13.2 Å². The molecule has 0 saturated carbocycles. The van der Waals surface area contributed by atoms with Crippen LogP contribution < -0.4 is 5.43 Å². The molecule has 0 saturated heterocycles. The Morgan fingerprint density at radius 1 is 1.38 bits per heavy atom. The van der Waals surface area contributed by atoms with Crippen LogP contribution in [0.4, 0.5) is 4.39 Å². The first-order valence-electron chi connectivity index (χ1n) is 3.95. The first kappa shape index (κ1) is 9.67. The maximum atomic E-state index is 12.4. The predicted molar refractivity (Wildman–Crippen MR) is 49.1 cm³/mol. The number of nitrogens with zero attached hydrogens (tertiary/aromatic N) is 1. The van der Waals surface area contributed by atoms with Gasteiger partial charge in [0.25, 0.3) is 0 Å². The fourth-order valence-electron chi connectivity index (χ4n) is 0.784. The van der Waals surface area contributed by atoms with Gasteiger partial charge in [-0.3, -0.25) is 0 Å². The van der Waals surface area contributed by atoms with Crippen LogP contribution in [0.2, 0.25) is 0 Å². The average Bonchev–Trinajstić information content (AvgIpc) is 2.15. The van der Waals surface area contributed by atoms with Crippen LogP contribution in [0.25, 0.3) is 0 Å². The van der Waals surface area contributed by atoms with Gasteiger partial charge in [-0.2, -0.15) is 5.10 Å². The molecular weight excluding hydrogens is 171 g/mol. The molecule has 0 aliphatic rings. The second kappa shape index (κ2) is 5.27. The van der Waals surface area contributed by atoms with E-state index in [0.29, 0.717) is 6.54 Å². The third kappa shape index (κ3) is 3.66. The highest BCUT2D eigenvalue weighted by atomic mass is 19.1. The van der Waals surface area contributed by atoms with Gasteiger partial charge in [0.1, 0.15) is 5.82 Å². The number of aliphatic hydroxyl groups excluding tert-OH is 1. The summed E-state index contributed by atoms with van der Waals surface area (Å²) in [5, 5.41) is 12.2. The van der Waals surface area contributed by atoms with Gasteiger partial charge in [-0.05, 0) is 17.7 Å². The van der Waals surface area contributed by atoms with Gasteiger partial charge in [0, 0.05) is 0 Å². The molecule has 0 spiro atoms. The van der Waals surface area contributed by atoms with Crippen molar-refractivity contribution in [2.24, 2.45) is 5.10 Å². The number of hydrazone groups is 1. The Bertz CT molecular complexity index is 271. The molecule has 2 N–H and O–H groups in total. The monoisotopic (exact) mass is 182 g/mol. The lowest BCUT2D eigenvalue weighted by Gasteiger charge is -1.95. The van der Waals surface area contributed by atoms with Crippen molar-refractivity contribution in [1.29, 1.82) is 0 Å². The van der Waals surface area contributed by atoms with E-state index in [1.165, 1.54) is 12.1 Å². The van der Waals surface area contributed by atoms with E-state index in [1.54, 1.807) is 18.3 Å². The molecule has 3 nitrogen and oxygen atoms in total. The largest absolute Gasteiger partial charge is 0.394 e. The smallest absolute Gasteiger partial charge is 0.123 e.